The Balaban J connectivity index is 1.56. The van der Waals surface area contributed by atoms with Crippen molar-refractivity contribution in [2.75, 3.05) is 19.6 Å². The molecule has 0 amide bonds. The van der Waals surface area contributed by atoms with E-state index >= 15 is 0 Å². The zero-order chi connectivity index (χ0) is 11.0. The lowest BCUT2D eigenvalue weighted by Gasteiger charge is -2.57. The van der Waals surface area contributed by atoms with Crippen LogP contribution < -0.4 is 11.1 Å². The van der Waals surface area contributed by atoms with Crippen molar-refractivity contribution in [3.8, 4) is 0 Å². The van der Waals surface area contributed by atoms with Gasteiger partial charge in [0.1, 0.15) is 0 Å². The fourth-order valence-corrected chi connectivity index (χ4v) is 5.09. The maximum Gasteiger partial charge on any atom is 0.000812 e. The fourth-order valence-electron chi connectivity index (χ4n) is 5.09. The van der Waals surface area contributed by atoms with E-state index in [1.54, 1.807) is 19.3 Å². The fraction of sp³-hybridized carbons (Fsp3) is 1.00. The van der Waals surface area contributed by atoms with Gasteiger partial charge in [0.15, 0.2) is 0 Å². The van der Waals surface area contributed by atoms with Gasteiger partial charge < -0.3 is 11.1 Å². The number of nitrogens with one attached hydrogen (secondary N) is 1. The van der Waals surface area contributed by atoms with E-state index < -0.39 is 0 Å². The van der Waals surface area contributed by atoms with Gasteiger partial charge in [0.2, 0.25) is 0 Å². The molecule has 92 valence electrons. The first kappa shape index (κ1) is 11.0. The standard InChI is InChI=1S/C14H26N2/c15-2-1-3-16-10-14-7-11-4-12(8-14)6-13(5-11)9-14/h11-13,16H,1-10,15H2. The van der Waals surface area contributed by atoms with E-state index in [4.69, 9.17) is 5.73 Å². The van der Waals surface area contributed by atoms with Crippen LogP contribution in [0.25, 0.3) is 0 Å². The van der Waals surface area contributed by atoms with Gasteiger partial charge in [-0.15, -0.1) is 0 Å². The van der Waals surface area contributed by atoms with E-state index in [1.165, 1.54) is 25.8 Å². The van der Waals surface area contributed by atoms with Crippen LogP contribution >= 0.6 is 0 Å². The molecular formula is C14H26N2. The lowest BCUT2D eigenvalue weighted by atomic mass is 9.49. The first-order valence-electron chi connectivity index (χ1n) is 7.20. The first-order valence-corrected chi connectivity index (χ1v) is 7.20. The normalized spacial score (nSPS) is 45.2. The second-order valence-corrected chi connectivity index (χ2v) is 6.74. The van der Waals surface area contributed by atoms with Gasteiger partial charge in [0.05, 0.1) is 0 Å². The van der Waals surface area contributed by atoms with E-state index in [0.717, 1.165) is 37.3 Å². The molecule has 0 heterocycles. The molecule has 2 heteroatoms. The summed E-state index contributed by atoms with van der Waals surface area (Å²) < 4.78 is 0. The molecule has 0 spiro atoms. The van der Waals surface area contributed by atoms with Crippen LogP contribution in [0, 0.1) is 23.2 Å². The van der Waals surface area contributed by atoms with E-state index in [0.29, 0.717) is 5.41 Å². The van der Waals surface area contributed by atoms with E-state index in [-0.39, 0.29) is 0 Å². The molecular weight excluding hydrogens is 196 g/mol. The number of rotatable bonds is 5. The van der Waals surface area contributed by atoms with Gasteiger partial charge in [0.25, 0.3) is 0 Å². The summed E-state index contributed by atoms with van der Waals surface area (Å²) in [7, 11) is 0. The van der Waals surface area contributed by atoms with Gasteiger partial charge >= 0.3 is 0 Å². The van der Waals surface area contributed by atoms with Crippen LogP contribution in [0.1, 0.15) is 44.9 Å². The SMILES string of the molecule is NCCCNCC12CC3CC(CC(C3)C1)C2. The van der Waals surface area contributed by atoms with Crippen LogP contribution in [0.5, 0.6) is 0 Å². The third-order valence-electron chi connectivity index (χ3n) is 5.22. The number of hydrogen-bond acceptors (Lipinski definition) is 2. The first-order chi connectivity index (χ1) is 7.80. The van der Waals surface area contributed by atoms with Crippen molar-refractivity contribution < 1.29 is 0 Å². The second kappa shape index (κ2) is 4.30. The second-order valence-electron chi connectivity index (χ2n) is 6.74. The molecule has 3 N–H and O–H groups in total. The highest BCUT2D eigenvalue weighted by atomic mass is 14.9. The third-order valence-corrected chi connectivity index (χ3v) is 5.22. The van der Waals surface area contributed by atoms with Crippen molar-refractivity contribution in [3.05, 3.63) is 0 Å². The average molecular weight is 222 g/mol. The van der Waals surface area contributed by atoms with Gasteiger partial charge in [0, 0.05) is 6.54 Å². The third kappa shape index (κ3) is 2.02. The topological polar surface area (TPSA) is 38.0 Å². The van der Waals surface area contributed by atoms with Crippen LogP contribution in [-0.2, 0) is 0 Å². The van der Waals surface area contributed by atoms with Crippen LogP contribution in [-0.4, -0.2) is 19.6 Å². The molecule has 4 aliphatic carbocycles. The lowest BCUT2D eigenvalue weighted by Crippen LogP contribution is -2.50. The Morgan fingerprint density at radius 2 is 1.56 bits per heavy atom. The number of hydrogen-bond donors (Lipinski definition) is 2. The Bertz CT molecular complexity index is 214. The average Bonchev–Trinajstić information content (AvgIpc) is 2.22. The highest BCUT2D eigenvalue weighted by Gasteiger charge is 2.50. The maximum absolute atomic E-state index is 5.54. The van der Waals surface area contributed by atoms with Crippen molar-refractivity contribution in [2.45, 2.75) is 44.9 Å². The molecule has 4 saturated carbocycles. The molecule has 0 aromatic carbocycles. The molecule has 16 heavy (non-hydrogen) atoms. The van der Waals surface area contributed by atoms with Crippen LogP contribution in [0.2, 0.25) is 0 Å². The smallest absolute Gasteiger partial charge is 0.000812 e. The molecule has 0 aromatic heterocycles. The largest absolute Gasteiger partial charge is 0.330 e. The Kier molecular flexibility index (Phi) is 2.97. The van der Waals surface area contributed by atoms with E-state index in [2.05, 4.69) is 5.32 Å². The lowest BCUT2D eigenvalue weighted by molar-refractivity contribution is -0.0511. The van der Waals surface area contributed by atoms with Crippen molar-refractivity contribution >= 4 is 0 Å². The zero-order valence-electron chi connectivity index (χ0n) is 10.4. The summed E-state index contributed by atoms with van der Waals surface area (Å²) in [5.41, 5.74) is 6.23. The Hall–Kier alpha value is -0.0800. The molecule has 4 rings (SSSR count). The number of nitrogens with two attached hydrogens (primary N) is 1. The molecule has 0 radical (unpaired) electrons. The monoisotopic (exact) mass is 222 g/mol. The summed E-state index contributed by atoms with van der Waals surface area (Å²) >= 11 is 0. The van der Waals surface area contributed by atoms with Gasteiger partial charge in [-0.1, -0.05) is 0 Å². The summed E-state index contributed by atoms with van der Waals surface area (Å²) in [6.07, 6.45) is 10.4. The molecule has 0 aromatic rings. The molecule has 2 nitrogen and oxygen atoms in total. The summed E-state index contributed by atoms with van der Waals surface area (Å²) in [6.45, 7) is 3.22. The molecule has 0 unspecified atom stereocenters. The zero-order valence-corrected chi connectivity index (χ0v) is 10.4. The highest BCUT2D eigenvalue weighted by molar-refractivity contribution is 5.02. The molecule has 4 bridgehead atoms. The van der Waals surface area contributed by atoms with E-state index in [1.807, 2.05) is 0 Å². The molecule has 0 aliphatic heterocycles. The van der Waals surface area contributed by atoms with Gasteiger partial charge in [-0.3, -0.25) is 0 Å². The van der Waals surface area contributed by atoms with Gasteiger partial charge in [-0.2, -0.15) is 0 Å². The minimum absolute atomic E-state index is 0.698. The van der Waals surface area contributed by atoms with Crippen molar-refractivity contribution in [2.24, 2.45) is 28.9 Å². The van der Waals surface area contributed by atoms with Gasteiger partial charge in [-0.25, -0.2) is 0 Å². The Labute approximate surface area is 99.4 Å². The Morgan fingerprint density at radius 1 is 1.00 bits per heavy atom. The summed E-state index contributed by atoms with van der Waals surface area (Å²) in [4.78, 5) is 0. The van der Waals surface area contributed by atoms with Crippen molar-refractivity contribution in [1.82, 2.24) is 5.32 Å². The predicted octanol–water partition coefficient (Wildman–Crippen LogP) is 2.14. The molecule has 4 fully saturated rings. The predicted molar refractivity (Wildman–Crippen MR) is 67.1 cm³/mol. The quantitative estimate of drug-likeness (QED) is 0.699. The Morgan fingerprint density at radius 3 is 2.06 bits per heavy atom. The van der Waals surface area contributed by atoms with Crippen molar-refractivity contribution in [3.63, 3.8) is 0 Å². The molecule has 0 atom stereocenters. The van der Waals surface area contributed by atoms with Gasteiger partial charge in [-0.05, 0) is 81.2 Å². The molecule has 4 aliphatic rings. The highest BCUT2D eigenvalue weighted by Crippen LogP contribution is 2.59. The minimum Gasteiger partial charge on any atom is -0.330 e. The van der Waals surface area contributed by atoms with E-state index in [9.17, 15) is 0 Å². The minimum atomic E-state index is 0.698. The summed E-state index contributed by atoms with van der Waals surface area (Å²) in [6, 6.07) is 0. The van der Waals surface area contributed by atoms with Crippen molar-refractivity contribution in [1.29, 1.82) is 0 Å². The van der Waals surface area contributed by atoms with Crippen LogP contribution in [0.3, 0.4) is 0 Å². The summed E-state index contributed by atoms with van der Waals surface area (Å²) in [5, 5.41) is 3.66. The van der Waals surface area contributed by atoms with Crippen LogP contribution in [0.4, 0.5) is 0 Å². The van der Waals surface area contributed by atoms with Crippen LogP contribution in [0.15, 0.2) is 0 Å². The maximum atomic E-state index is 5.54. The summed E-state index contributed by atoms with van der Waals surface area (Å²) in [5.74, 6) is 3.26. The molecule has 0 saturated heterocycles.